The second-order valence-corrected chi connectivity index (χ2v) is 4.71. The number of anilines is 3. The Balaban J connectivity index is 2.11. The van der Waals surface area contributed by atoms with Gasteiger partial charge >= 0.3 is 0 Å². The number of nitrogens with one attached hydrogen (secondary N) is 2. The van der Waals surface area contributed by atoms with Crippen molar-refractivity contribution in [2.45, 2.75) is 6.92 Å². The van der Waals surface area contributed by atoms with E-state index in [1.165, 1.54) is 4.88 Å². The molecule has 2 N–H and O–H groups in total. The summed E-state index contributed by atoms with van der Waals surface area (Å²) in [6.45, 7) is 2.07. The van der Waals surface area contributed by atoms with Crippen molar-refractivity contribution in [1.82, 2.24) is 15.2 Å². The van der Waals surface area contributed by atoms with Crippen LogP contribution in [0.3, 0.4) is 0 Å². The van der Waals surface area contributed by atoms with E-state index in [1.54, 1.807) is 11.3 Å². The highest BCUT2D eigenvalue weighted by atomic mass is 32.1. The first kappa shape index (κ1) is 9.97. The average molecular weight is 223 g/mol. The maximum Gasteiger partial charge on any atom is 0.228 e. The Kier molecular flexibility index (Phi) is 2.59. The van der Waals surface area contributed by atoms with Gasteiger partial charge in [0.25, 0.3) is 0 Å². The number of aromatic nitrogens is 3. The van der Waals surface area contributed by atoms with Gasteiger partial charge in [-0.25, -0.2) is 0 Å². The third kappa shape index (κ3) is 2.27. The van der Waals surface area contributed by atoms with E-state index in [2.05, 4.69) is 33.5 Å². The van der Waals surface area contributed by atoms with Gasteiger partial charge in [-0.15, -0.1) is 21.5 Å². The van der Waals surface area contributed by atoms with Crippen molar-refractivity contribution in [3.05, 3.63) is 17.0 Å². The fourth-order valence-electron chi connectivity index (χ4n) is 1.13. The van der Waals surface area contributed by atoms with E-state index in [-0.39, 0.29) is 0 Å². The summed E-state index contributed by atoms with van der Waals surface area (Å²) < 4.78 is 0. The molecule has 0 aliphatic carbocycles. The highest BCUT2D eigenvalue weighted by Crippen LogP contribution is 2.23. The third-order valence-electron chi connectivity index (χ3n) is 1.88. The molecular weight excluding hydrogens is 210 g/mol. The Morgan fingerprint density at radius 1 is 1.33 bits per heavy atom. The quantitative estimate of drug-likeness (QED) is 0.835. The Bertz CT molecular complexity index is 445. The average Bonchev–Trinajstić information content (AvgIpc) is 2.76. The zero-order chi connectivity index (χ0) is 10.8. The molecule has 15 heavy (non-hydrogen) atoms. The van der Waals surface area contributed by atoms with Crippen LogP contribution >= 0.6 is 11.3 Å². The highest BCUT2D eigenvalue weighted by molar-refractivity contribution is 7.16. The summed E-state index contributed by atoms with van der Waals surface area (Å²) in [5.41, 5.74) is 0. The standard InChI is InChI=1S/C9H13N5S/c1-6-4-5-7(15-6)10-8-11-9(13-12-8)14(2)3/h4-5H,1-3H3,(H2,10,11,12,13). The number of rotatable bonds is 3. The summed E-state index contributed by atoms with van der Waals surface area (Å²) in [5.74, 6) is 1.41. The van der Waals surface area contributed by atoms with Gasteiger partial charge in [-0.2, -0.15) is 0 Å². The predicted molar refractivity (Wildman–Crippen MR) is 63.0 cm³/mol. The molecule has 0 bridgehead atoms. The molecule has 2 aromatic heterocycles. The van der Waals surface area contributed by atoms with Gasteiger partial charge in [-0.1, -0.05) is 0 Å². The third-order valence-corrected chi connectivity index (χ3v) is 2.80. The summed E-state index contributed by atoms with van der Waals surface area (Å²) in [7, 11) is 3.83. The zero-order valence-electron chi connectivity index (χ0n) is 8.90. The van der Waals surface area contributed by atoms with E-state index in [4.69, 9.17) is 0 Å². The van der Waals surface area contributed by atoms with Crippen molar-refractivity contribution < 1.29 is 0 Å². The lowest BCUT2D eigenvalue weighted by Crippen LogP contribution is -2.10. The molecule has 0 fully saturated rings. The molecule has 0 atom stereocenters. The van der Waals surface area contributed by atoms with Crippen LogP contribution in [-0.2, 0) is 0 Å². The second kappa shape index (κ2) is 3.90. The van der Waals surface area contributed by atoms with Crippen LogP contribution in [0.2, 0.25) is 0 Å². The van der Waals surface area contributed by atoms with Gasteiger partial charge in [0.1, 0.15) is 0 Å². The van der Waals surface area contributed by atoms with E-state index in [9.17, 15) is 0 Å². The predicted octanol–water partition coefficient (Wildman–Crippen LogP) is 1.98. The molecule has 2 heterocycles. The number of aryl methyl sites for hydroxylation is 1. The largest absolute Gasteiger partial charge is 0.347 e. The van der Waals surface area contributed by atoms with E-state index in [0.717, 1.165) is 10.9 Å². The number of nitrogens with zero attached hydrogens (tertiary/aromatic N) is 3. The molecule has 0 amide bonds. The summed E-state index contributed by atoms with van der Waals surface area (Å²) in [6, 6.07) is 4.09. The molecule has 0 aliphatic rings. The molecule has 6 heteroatoms. The minimum absolute atomic E-state index is 0.667. The van der Waals surface area contributed by atoms with Gasteiger partial charge < -0.3 is 10.2 Å². The maximum atomic E-state index is 3.99. The zero-order valence-corrected chi connectivity index (χ0v) is 9.72. The van der Waals surface area contributed by atoms with E-state index in [0.29, 0.717) is 5.95 Å². The monoisotopic (exact) mass is 223 g/mol. The number of hydrogen-bond acceptors (Lipinski definition) is 5. The van der Waals surface area contributed by atoms with Gasteiger partial charge in [0.05, 0.1) is 5.00 Å². The van der Waals surface area contributed by atoms with Crippen LogP contribution < -0.4 is 10.2 Å². The van der Waals surface area contributed by atoms with Crippen molar-refractivity contribution >= 4 is 28.2 Å². The molecule has 0 saturated carbocycles. The Morgan fingerprint density at radius 3 is 2.67 bits per heavy atom. The van der Waals surface area contributed by atoms with Gasteiger partial charge in [0.2, 0.25) is 11.9 Å². The molecule has 0 aromatic carbocycles. The Morgan fingerprint density at radius 2 is 2.13 bits per heavy atom. The van der Waals surface area contributed by atoms with Crippen molar-refractivity contribution in [2.75, 3.05) is 24.3 Å². The number of aromatic amines is 1. The topological polar surface area (TPSA) is 56.8 Å². The van der Waals surface area contributed by atoms with Gasteiger partial charge in [0.15, 0.2) is 0 Å². The summed E-state index contributed by atoms with van der Waals surface area (Å²) in [6.07, 6.45) is 0. The lowest BCUT2D eigenvalue weighted by molar-refractivity contribution is 0.999. The fraction of sp³-hybridized carbons (Fsp3) is 0.333. The lowest BCUT2D eigenvalue weighted by Gasteiger charge is -2.04. The number of thiophene rings is 1. The number of H-pyrrole nitrogens is 1. The lowest BCUT2D eigenvalue weighted by atomic mass is 10.5. The van der Waals surface area contributed by atoms with Crippen LogP contribution in [0.4, 0.5) is 16.9 Å². The van der Waals surface area contributed by atoms with E-state index in [1.807, 2.05) is 25.1 Å². The Labute approximate surface area is 92.2 Å². The van der Waals surface area contributed by atoms with Crippen molar-refractivity contribution in [3.8, 4) is 0 Å². The molecular formula is C9H13N5S. The summed E-state index contributed by atoms with van der Waals surface area (Å²) in [4.78, 5) is 6.21. The van der Waals surface area contributed by atoms with Gasteiger partial charge in [-0.05, 0) is 19.1 Å². The molecule has 0 unspecified atom stereocenters. The van der Waals surface area contributed by atoms with Crippen molar-refractivity contribution in [3.63, 3.8) is 0 Å². The van der Waals surface area contributed by atoms with Crippen LogP contribution in [-0.4, -0.2) is 29.3 Å². The van der Waals surface area contributed by atoms with Crippen molar-refractivity contribution in [2.24, 2.45) is 0 Å². The first-order chi connectivity index (χ1) is 7.15. The molecule has 2 rings (SSSR count). The van der Waals surface area contributed by atoms with Crippen LogP contribution in [0.1, 0.15) is 4.88 Å². The minimum atomic E-state index is 0.667. The second-order valence-electron chi connectivity index (χ2n) is 3.43. The fourth-order valence-corrected chi connectivity index (χ4v) is 1.90. The van der Waals surface area contributed by atoms with Crippen LogP contribution in [0, 0.1) is 6.92 Å². The Hall–Kier alpha value is -1.56. The van der Waals surface area contributed by atoms with E-state index >= 15 is 0 Å². The maximum absolute atomic E-state index is 3.99. The van der Waals surface area contributed by atoms with Crippen LogP contribution in [0.5, 0.6) is 0 Å². The minimum Gasteiger partial charge on any atom is -0.347 e. The van der Waals surface area contributed by atoms with Gasteiger partial charge in [-0.3, -0.25) is 4.98 Å². The van der Waals surface area contributed by atoms with Crippen LogP contribution in [0.25, 0.3) is 0 Å². The first-order valence-electron chi connectivity index (χ1n) is 4.58. The SMILES string of the molecule is Cc1ccc(Nc2nnc(N(C)C)[nH]2)s1. The normalized spacial score (nSPS) is 10.3. The summed E-state index contributed by atoms with van der Waals surface area (Å²) >= 11 is 1.69. The van der Waals surface area contributed by atoms with Gasteiger partial charge in [0, 0.05) is 19.0 Å². The molecule has 80 valence electrons. The molecule has 2 aromatic rings. The molecule has 0 spiro atoms. The van der Waals surface area contributed by atoms with E-state index < -0.39 is 0 Å². The molecule has 0 radical (unpaired) electrons. The molecule has 0 aliphatic heterocycles. The highest BCUT2D eigenvalue weighted by Gasteiger charge is 2.04. The summed E-state index contributed by atoms with van der Waals surface area (Å²) in [5, 5.41) is 12.2. The van der Waals surface area contributed by atoms with Crippen LogP contribution in [0.15, 0.2) is 12.1 Å². The molecule has 5 nitrogen and oxygen atoms in total. The smallest absolute Gasteiger partial charge is 0.228 e. The van der Waals surface area contributed by atoms with Crippen molar-refractivity contribution in [1.29, 1.82) is 0 Å². The molecule has 0 saturated heterocycles. The number of hydrogen-bond donors (Lipinski definition) is 2. The first-order valence-corrected chi connectivity index (χ1v) is 5.40.